The molecule has 2 aromatic carbocycles. The molecule has 0 aliphatic carbocycles. The van der Waals surface area contributed by atoms with Crippen LogP contribution < -0.4 is 19.5 Å². The number of fused-ring (bicyclic) bond motifs is 1. The lowest BCUT2D eigenvalue weighted by Gasteiger charge is -2.27. The fraction of sp³-hybridized carbons (Fsp3) is 0.368. The highest BCUT2D eigenvalue weighted by molar-refractivity contribution is 5.85. The monoisotopic (exact) mass is 349 g/mol. The third kappa shape index (κ3) is 3.77. The van der Waals surface area contributed by atoms with Crippen LogP contribution in [0.4, 0.5) is 0 Å². The maximum atomic E-state index is 5.41. The van der Waals surface area contributed by atoms with Gasteiger partial charge in [-0.05, 0) is 60.3 Å². The molecule has 0 saturated carbocycles. The van der Waals surface area contributed by atoms with Crippen molar-refractivity contribution < 1.29 is 14.2 Å². The zero-order valence-corrected chi connectivity index (χ0v) is 15.1. The van der Waals surface area contributed by atoms with Crippen LogP contribution in [0.3, 0.4) is 0 Å². The summed E-state index contributed by atoms with van der Waals surface area (Å²) in [6.07, 6.45) is 1.96. The Morgan fingerprint density at radius 1 is 0.958 bits per heavy atom. The van der Waals surface area contributed by atoms with E-state index in [4.69, 9.17) is 14.2 Å². The molecule has 1 N–H and O–H groups in total. The number of rotatable bonds is 5. The Balaban J connectivity index is 0.00000208. The molecule has 0 saturated heterocycles. The third-order valence-corrected chi connectivity index (χ3v) is 4.40. The smallest absolute Gasteiger partial charge is 0.160 e. The molecular weight excluding hydrogens is 326 g/mol. The summed E-state index contributed by atoms with van der Waals surface area (Å²) in [5.41, 5.74) is 3.94. The molecule has 0 amide bonds. The van der Waals surface area contributed by atoms with Gasteiger partial charge in [0.25, 0.3) is 0 Å². The predicted octanol–water partition coefficient (Wildman–Crippen LogP) is 3.56. The summed E-state index contributed by atoms with van der Waals surface area (Å²) in [5, 5.41) is 3.61. The number of benzene rings is 2. The SMILES string of the molecule is COc1ccc2c(c1)C(Cc1ccc(OC)c(OC)c1)NCC2.Cl. The largest absolute Gasteiger partial charge is 0.497 e. The van der Waals surface area contributed by atoms with Gasteiger partial charge in [-0.2, -0.15) is 0 Å². The maximum absolute atomic E-state index is 5.41. The van der Waals surface area contributed by atoms with E-state index >= 15 is 0 Å². The minimum atomic E-state index is 0. The maximum Gasteiger partial charge on any atom is 0.160 e. The van der Waals surface area contributed by atoms with E-state index in [1.54, 1.807) is 21.3 Å². The lowest BCUT2D eigenvalue weighted by atomic mass is 9.90. The van der Waals surface area contributed by atoms with Crippen LogP contribution in [0.25, 0.3) is 0 Å². The Morgan fingerprint density at radius 2 is 1.75 bits per heavy atom. The highest BCUT2D eigenvalue weighted by Crippen LogP contribution is 2.32. The first-order chi connectivity index (χ1) is 11.2. The average molecular weight is 350 g/mol. The van der Waals surface area contributed by atoms with E-state index in [0.717, 1.165) is 36.6 Å². The summed E-state index contributed by atoms with van der Waals surface area (Å²) in [4.78, 5) is 0. The molecule has 1 unspecified atom stereocenters. The van der Waals surface area contributed by atoms with Crippen molar-refractivity contribution in [1.82, 2.24) is 5.32 Å². The van der Waals surface area contributed by atoms with Crippen molar-refractivity contribution >= 4 is 12.4 Å². The van der Waals surface area contributed by atoms with E-state index in [1.807, 2.05) is 12.1 Å². The molecule has 1 heterocycles. The van der Waals surface area contributed by atoms with Gasteiger partial charge < -0.3 is 19.5 Å². The minimum absolute atomic E-state index is 0. The number of hydrogen-bond acceptors (Lipinski definition) is 4. The van der Waals surface area contributed by atoms with Crippen LogP contribution in [0.5, 0.6) is 17.2 Å². The predicted molar refractivity (Wildman–Crippen MR) is 97.9 cm³/mol. The molecule has 4 nitrogen and oxygen atoms in total. The standard InChI is InChI=1S/C19H23NO3.ClH/c1-21-15-6-5-14-8-9-20-17(16(14)12-15)10-13-4-7-18(22-2)19(11-13)23-3;/h4-7,11-12,17,20H,8-10H2,1-3H3;1H. The van der Waals surface area contributed by atoms with E-state index in [-0.39, 0.29) is 18.4 Å². The molecular formula is C19H24ClNO3. The summed E-state index contributed by atoms with van der Waals surface area (Å²) in [6, 6.07) is 12.8. The molecule has 2 aromatic rings. The molecule has 1 atom stereocenters. The Kier molecular flexibility index (Phi) is 6.35. The van der Waals surface area contributed by atoms with Gasteiger partial charge in [0.2, 0.25) is 0 Å². The molecule has 0 fully saturated rings. The molecule has 0 bridgehead atoms. The van der Waals surface area contributed by atoms with Crippen molar-refractivity contribution in [3.8, 4) is 17.2 Å². The number of hydrogen-bond donors (Lipinski definition) is 1. The molecule has 24 heavy (non-hydrogen) atoms. The van der Waals surface area contributed by atoms with Gasteiger partial charge in [-0.15, -0.1) is 12.4 Å². The third-order valence-electron chi connectivity index (χ3n) is 4.40. The second-order valence-corrected chi connectivity index (χ2v) is 5.71. The van der Waals surface area contributed by atoms with Gasteiger partial charge in [0, 0.05) is 6.04 Å². The first kappa shape index (κ1) is 18.4. The van der Waals surface area contributed by atoms with Crippen molar-refractivity contribution in [3.05, 3.63) is 53.1 Å². The molecule has 130 valence electrons. The van der Waals surface area contributed by atoms with Crippen LogP contribution in [0.1, 0.15) is 22.7 Å². The normalized spacial score (nSPS) is 15.9. The molecule has 0 spiro atoms. The van der Waals surface area contributed by atoms with E-state index in [0.29, 0.717) is 0 Å². The van der Waals surface area contributed by atoms with E-state index in [1.165, 1.54) is 16.7 Å². The Bertz CT molecular complexity index is 690. The van der Waals surface area contributed by atoms with Crippen LogP contribution in [0, 0.1) is 0 Å². The highest BCUT2D eigenvalue weighted by atomic mass is 35.5. The summed E-state index contributed by atoms with van der Waals surface area (Å²) in [5.74, 6) is 2.44. The van der Waals surface area contributed by atoms with E-state index < -0.39 is 0 Å². The fourth-order valence-electron chi connectivity index (χ4n) is 3.17. The topological polar surface area (TPSA) is 39.7 Å². The highest BCUT2D eigenvalue weighted by Gasteiger charge is 2.21. The van der Waals surface area contributed by atoms with Gasteiger partial charge >= 0.3 is 0 Å². The van der Waals surface area contributed by atoms with Crippen molar-refractivity contribution in [2.24, 2.45) is 0 Å². The molecule has 1 aliphatic heterocycles. The molecule has 5 heteroatoms. The van der Waals surface area contributed by atoms with E-state index in [9.17, 15) is 0 Å². The first-order valence-electron chi connectivity index (χ1n) is 7.86. The second-order valence-electron chi connectivity index (χ2n) is 5.71. The minimum Gasteiger partial charge on any atom is -0.497 e. The van der Waals surface area contributed by atoms with Gasteiger partial charge in [-0.1, -0.05) is 12.1 Å². The molecule has 3 rings (SSSR count). The quantitative estimate of drug-likeness (QED) is 0.895. The zero-order chi connectivity index (χ0) is 16.2. The summed E-state index contributed by atoms with van der Waals surface area (Å²) < 4.78 is 16.1. The summed E-state index contributed by atoms with van der Waals surface area (Å²) in [6.45, 7) is 0.997. The van der Waals surface area contributed by atoms with Crippen molar-refractivity contribution in [1.29, 1.82) is 0 Å². The second kappa shape index (κ2) is 8.27. The van der Waals surface area contributed by atoms with E-state index in [2.05, 4.69) is 29.6 Å². The molecule has 1 aliphatic rings. The number of methoxy groups -OCH3 is 3. The van der Waals surface area contributed by atoms with Crippen molar-refractivity contribution in [2.45, 2.75) is 18.9 Å². The van der Waals surface area contributed by atoms with Crippen LogP contribution in [-0.2, 0) is 12.8 Å². The number of ether oxygens (including phenoxy) is 3. The fourth-order valence-corrected chi connectivity index (χ4v) is 3.17. The van der Waals surface area contributed by atoms with Crippen molar-refractivity contribution in [3.63, 3.8) is 0 Å². The van der Waals surface area contributed by atoms with Gasteiger partial charge in [-0.25, -0.2) is 0 Å². The van der Waals surface area contributed by atoms with Gasteiger partial charge in [-0.3, -0.25) is 0 Å². The Morgan fingerprint density at radius 3 is 2.46 bits per heavy atom. The summed E-state index contributed by atoms with van der Waals surface area (Å²) in [7, 11) is 5.03. The summed E-state index contributed by atoms with van der Waals surface area (Å²) >= 11 is 0. The Labute approximate surface area is 149 Å². The zero-order valence-electron chi connectivity index (χ0n) is 14.3. The van der Waals surface area contributed by atoms with Crippen LogP contribution >= 0.6 is 12.4 Å². The number of nitrogens with one attached hydrogen (secondary N) is 1. The van der Waals surface area contributed by atoms with Crippen molar-refractivity contribution in [2.75, 3.05) is 27.9 Å². The molecule has 0 radical (unpaired) electrons. The van der Waals surface area contributed by atoms with Gasteiger partial charge in [0.05, 0.1) is 21.3 Å². The number of halogens is 1. The average Bonchev–Trinajstić information content (AvgIpc) is 2.61. The lowest BCUT2D eigenvalue weighted by Crippen LogP contribution is -2.31. The first-order valence-corrected chi connectivity index (χ1v) is 7.86. The lowest BCUT2D eigenvalue weighted by molar-refractivity contribution is 0.354. The van der Waals surface area contributed by atoms with Crippen LogP contribution in [0.2, 0.25) is 0 Å². The van der Waals surface area contributed by atoms with Crippen LogP contribution in [-0.4, -0.2) is 27.9 Å². The Hall–Kier alpha value is -1.91. The molecule has 0 aromatic heterocycles. The van der Waals surface area contributed by atoms with Gasteiger partial charge in [0.1, 0.15) is 5.75 Å². The van der Waals surface area contributed by atoms with Gasteiger partial charge in [0.15, 0.2) is 11.5 Å². The van der Waals surface area contributed by atoms with Crippen LogP contribution in [0.15, 0.2) is 36.4 Å².